The van der Waals surface area contributed by atoms with Gasteiger partial charge in [0.2, 0.25) is 0 Å². The molecule has 0 N–H and O–H groups in total. The molecule has 1 heteroatoms. The van der Waals surface area contributed by atoms with E-state index in [1.165, 1.54) is 44.9 Å². The maximum Gasteiger partial charge on any atom is 0.0602 e. The third-order valence-corrected chi connectivity index (χ3v) is 3.81. The average molecular weight is 168 g/mol. The van der Waals surface area contributed by atoms with Gasteiger partial charge >= 0.3 is 0 Å². The molecule has 1 nitrogen and oxygen atoms in total. The van der Waals surface area contributed by atoms with Crippen LogP contribution in [0.2, 0.25) is 0 Å². The van der Waals surface area contributed by atoms with E-state index in [1.807, 2.05) is 7.11 Å². The van der Waals surface area contributed by atoms with Crippen molar-refractivity contribution in [2.24, 2.45) is 11.8 Å². The maximum atomic E-state index is 5.56. The lowest BCUT2D eigenvalue weighted by molar-refractivity contribution is -0.0211. The molecule has 0 bridgehead atoms. The van der Waals surface area contributed by atoms with E-state index in [-0.39, 0.29) is 0 Å². The number of rotatable bonds is 1. The van der Waals surface area contributed by atoms with Gasteiger partial charge in [0.25, 0.3) is 0 Å². The average Bonchev–Trinajstić information content (AvgIpc) is 2.17. The molecule has 2 aliphatic carbocycles. The summed E-state index contributed by atoms with van der Waals surface area (Å²) in [6, 6.07) is 0. The maximum absolute atomic E-state index is 5.56. The van der Waals surface area contributed by atoms with Crippen molar-refractivity contribution in [2.75, 3.05) is 7.11 Å². The smallest absolute Gasteiger partial charge is 0.0602 e. The Labute approximate surface area is 75.5 Å². The Kier molecular flexibility index (Phi) is 2.69. The van der Waals surface area contributed by atoms with Gasteiger partial charge in [-0.15, -0.1) is 0 Å². The van der Waals surface area contributed by atoms with Gasteiger partial charge in [-0.1, -0.05) is 25.7 Å². The summed E-state index contributed by atoms with van der Waals surface area (Å²) in [6.07, 6.45) is 10.6. The summed E-state index contributed by atoms with van der Waals surface area (Å²) in [5.41, 5.74) is 0. The molecule has 0 saturated heterocycles. The fourth-order valence-corrected chi connectivity index (χ4v) is 3.17. The van der Waals surface area contributed by atoms with Gasteiger partial charge in [-0.3, -0.25) is 0 Å². The molecule has 0 amide bonds. The van der Waals surface area contributed by atoms with Crippen molar-refractivity contribution < 1.29 is 4.74 Å². The summed E-state index contributed by atoms with van der Waals surface area (Å²) in [5, 5.41) is 0. The molecule has 0 aromatic heterocycles. The van der Waals surface area contributed by atoms with Gasteiger partial charge in [-0.2, -0.15) is 0 Å². The molecule has 2 rings (SSSR count). The van der Waals surface area contributed by atoms with Crippen molar-refractivity contribution in [3.05, 3.63) is 0 Å². The van der Waals surface area contributed by atoms with Gasteiger partial charge < -0.3 is 4.74 Å². The lowest BCUT2D eigenvalue weighted by atomic mass is 9.69. The minimum atomic E-state index is 0.601. The van der Waals surface area contributed by atoms with Crippen molar-refractivity contribution in [3.63, 3.8) is 0 Å². The van der Waals surface area contributed by atoms with E-state index in [2.05, 4.69) is 0 Å². The molecule has 0 aromatic rings. The molecule has 0 heterocycles. The van der Waals surface area contributed by atoms with Crippen LogP contribution in [0.25, 0.3) is 0 Å². The lowest BCUT2D eigenvalue weighted by Gasteiger charge is -2.40. The van der Waals surface area contributed by atoms with Crippen LogP contribution in [0, 0.1) is 11.8 Å². The van der Waals surface area contributed by atoms with Gasteiger partial charge in [0.15, 0.2) is 0 Å². The molecule has 2 fully saturated rings. The Bertz CT molecular complexity index is 135. The van der Waals surface area contributed by atoms with Crippen LogP contribution in [0.15, 0.2) is 0 Å². The van der Waals surface area contributed by atoms with Crippen LogP contribution in [0.3, 0.4) is 0 Å². The van der Waals surface area contributed by atoms with Crippen LogP contribution in [-0.4, -0.2) is 13.2 Å². The van der Waals surface area contributed by atoms with Crippen LogP contribution < -0.4 is 0 Å². The normalized spacial score (nSPS) is 42.2. The van der Waals surface area contributed by atoms with Gasteiger partial charge in [0, 0.05) is 7.11 Å². The first-order valence-corrected chi connectivity index (χ1v) is 5.44. The third-order valence-electron chi connectivity index (χ3n) is 3.81. The van der Waals surface area contributed by atoms with Crippen LogP contribution >= 0.6 is 0 Å². The second kappa shape index (κ2) is 3.78. The van der Waals surface area contributed by atoms with E-state index >= 15 is 0 Å². The second-order valence-electron chi connectivity index (χ2n) is 4.41. The summed E-state index contributed by atoms with van der Waals surface area (Å²) in [4.78, 5) is 0. The Morgan fingerprint density at radius 3 is 2.50 bits per heavy atom. The van der Waals surface area contributed by atoms with E-state index in [9.17, 15) is 0 Å². The molecule has 2 saturated carbocycles. The second-order valence-corrected chi connectivity index (χ2v) is 4.41. The monoisotopic (exact) mass is 168 g/mol. The van der Waals surface area contributed by atoms with Crippen LogP contribution in [0.1, 0.15) is 44.9 Å². The lowest BCUT2D eigenvalue weighted by Crippen LogP contribution is -2.35. The largest absolute Gasteiger partial charge is 0.381 e. The summed E-state index contributed by atoms with van der Waals surface area (Å²) in [6.45, 7) is 0. The predicted molar refractivity (Wildman–Crippen MR) is 50.1 cm³/mol. The Balaban J connectivity index is 1.99. The number of fused-ring (bicyclic) bond motifs is 1. The summed E-state index contributed by atoms with van der Waals surface area (Å²) >= 11 is 0. The van der Waals surface area contributed by atoms with Gasteiger partial charge in [-0.25, -0.2) is 0 Å². The summed E-state index contributed by atoms with van der Waals surface area (Å²) < 4.78 is 5.56. The molecule has 12 heavy (non-hydrogen) atoms. The highest BCUT2D eigenvalue weighted by Gasteiger charge is 2.34. The molecule has 0 aromatic carbocycles. The molecule has 0 aliphatic heterocycles. The molecular formula is C11H20O. The molecule has 70 valence electrons. The van der Waals surface area contributed by atoms with Crippen LogP contribution in [0.5, 0.6) is 0 Å². The highest BCUT2D eigenvalue weighted by atomic mass is 16.5. The fraction of sp³-hybridized carbons (Fsp3) is 1.00. The van der Waals surface area contributed by atoms with E-state index in [0.717, 1.165) is 11.8 Å². The van der Waals surface area contributed by atoms with Crippen molar-refractivity contribution in [1.29, 1.82) is 0 Å². The zero-order valence-corrected chi connectivity index (χ0v) is 8.09. The minimum absolute atomic E-state index is 0.601. The molecule has 3 atom stereocenters. The Morgan fingerprint density at radius 1 is 0.917 bits per heavy atom. The van der Waals surface area contributed by atoms with Gasteiger partial charge in [0.05, 0.1) is 6.10 Å². The fourth-order valence-electron chi connectivity index (χ4n) is 3.17. The van der Waals surface area contributed by atoms with Crippen molar-refractivity contribution >= 4 is 0 Å². The first kappa shape index (κ1) is 8.55. The first-order chi connectivity index (χ1) is 5.92. The zero-order chi connectivity index (χ0) is 8.39. The number of methoxy groups -OCH3 is 1. The Hall–Kier alpha value is -0.0400. The van der Waals surface area contributed by atoms with Crippen molar-refractivity contribution in [3.8, 4) is 0 Å². The molecular weight excluding hydrogens is 148 g/mol. The minimum Gasteiger partial charge on any atom is -0.381 e. The summed E-state index contributed by atoms with van der Waals surface area (Å²) in [7, 11) is 1.89. The standard InChI is InChI=1S/C11H20O/c1-12-11-8-4-6-9-5-2-3-7-10(9)11/h9-11H,2-8H2,1H3. The van der Waals surface area contributed by atoms with E-state index in [4.69, 9.17) is 4.74 Å². The third kappa shape index (κ3) is 1.52. The molecule has 3 unspecified atom stereocenters. The van der Waals surface area contributed by atoms with Crippen molar-refractivity contribution in [2.45, 2.75) is 51.0 Å². The highest BCUT2D eigenvalue weighted by molar-refractivity contribution is 4.85. The van der Waals surface area contributed by atoms with E-state index < -0.39 is 0 Å². The number of hydrogen-bond acceptors (Lipinski definition) is 1. The zero-order valence-electron chi connectivity index (χ0n) is 8.09. The van der Waals surface area contributed by atoms with Gasteiger partial charge in [-0.05, 0) is 31.1 Å². The molecule has 2 aliphatic rings. The summed E-state index contributed by atoms with van der Waals surface area (Å²) in [5.74, 6) is 1.93. The highest BCUT2D eigenvalue weighted by Crippen LogP contribution is 2.41. The number of ether oxygens (including phenoxy) is 1. The van der Waals surface area contributed by atoms with Crippen molar-refractivity contribution in [1.82, 2.24) is 0 Å². The number of hydrogen-bond donors (Lipinski definition) is 0. The van der Waals surface area contributed by atoms with Crippen LogP contribution in [0.4, 0.5) is 0 Å². The quantitative estimate of drug-likeness (QED) is 0.585. The Morgan fingerprint density at radius 2 is 1.67 bits per heavy atom. The molecule has 0 radical (unpaired) electrons. The predicted octanol–water partition coefficient (Wildman–Crippen LogP) is 2.99. The topological polar surface area (TPSA) is 9.23 Å². The molecule has 0 spiro atoms. The van der Waals surface area contributed by atoms with Crippen LogP contribution in [-0.2, 0) is 4.74 Å². The van der Waals surface area contributed by atoms with E-state index in [1.54, 1.807) is 0 Å². The van der Waals surface area contributed by atoms with Gasteiger partial charge in [0.1, 0.15) is 0 Å². The SMILES string of the molecule is COC1CCCC2CCCCC21. The van der Waals surface area contributed by atoms with E-state index in [0.29, 0.717) is 6.10 Å². The first-order valence-electron chi connectivity index (χ1n) is 5.44.